The Morgan fingerprint density at radius 2 is 1.92 bits per heavy atom. The molecule has 0 saturated heterocycles. The summed E-state index contributed by atoms with van der Waals surface area (Å²) in [5.74, 6) is 0.902. The molecule has 12 heavy (non-hydrogen) atoms. The maximum Gasteiger partial charge on any atom is 0.226 e. The van der Waals surface area contributed by atoms with Gasteiger partial charge in [0.2, 0.25) is 11.7 Å². The Morgan fingerprint density at radius 1 is 1.08 bits per heavy atom. The normalized spacial score (nSPS) is 10.5. The van der Waals surface area contributed by atoms with Crippen LogP contribution in [0.4, 0.5) is 0 Å². The van der Waals surface area contributed by atoms with E-state index in [9.17, 15) is 0 Å². The maximum absolute atomic E-state index is 4.77. The number of rotatable bonds is 1. The van der Waals surface area contributed by atoms with E-state index >= 15 is 0 Å². The standard InChI is InChI=1S/C6H6N4O2/c1-3-5(9-12-8-3)6-7-4(2)11-10-6/h1-2H3. The van der Waals surface area contributed by atoms with E-state index < -0.39 is 0 Å². The molecular formula is C6H6N4O2. The van der Waals surface area contributed by atoms with Crippen LogP contribution in [-0.4, -0.2) is 20.5 Å². The van der Waals surface area contributed by atoms with Crippen LogP contribution in [-0.2, 0) is 0 Å². The Morgan fingerprint density at radius 3 is 2.42 bits per heavy atom. The van der Waals surface area contributed by atoms with Gasteiger partial charge in [-0.05, 0) is 12.1 Å². The Bertz CT molecular complexity index is 392. The number of hydrogen-bond donors (Lipinski definition) is 0. The molecular weight excluding hydrogens is 160 g/mol. The first kappa shape index (κ1) is 6.96. The summed E-state index contributed by atoms with van der Waals surface area (Å²) in [6, 6.07) is 0. The van der Waals surface area contributed by atoms with Gasteiger partial charge >= 0.3 is 0 Å². The zero-order valence-corrected chi connectivity index (χ0v) is 6.61. The molecule has 0 aliphatic rings. The fraction of sp³-hybridized carbons (Fsp3) is 0.333. The van der Waals surface area contributed by atoms with Gasteiger partial charge in [-0.2, -0.15) is 4.98 Å². The third-order valence-corrected chi connectivity index (χ3v) is 1.39. The number of hydrogen-bond acceptors (Lipinski definition) is 6. The predicted molar refractivity (Wildman–Crippen MR) is 37.1 cm³/mol. The molecule has 2 heterocycles. The van der Waals surface area contributed by atoms with E-state index in [0.29, 0.717) is 23.1 Å². The van der Waals surface area contributed by atoms with Crippen LogP contribution >= 0.6 is 0 Å². The largest absolute Gasteiger partial charge is 0.339 e. The summed E-state index contributed by atoms with van der Waals surface area (Å²) in [5.41, 5.74) is 1.17. The fourth-order valence-electron chi connectivity index (χ4n) is 0.830. The van der Waals surface area contributed by atoms with Crippen LogP contribution in [0.15, 0.2) is 9.15 Å². The molecule has 0 aliphatic heterocycles. The number of aryl methyl sites for hydroxylation is 2. The van der Waals surface area contributed by atoms with Crippen molar-refractivity contribution in [3.05, 3.63) is 11.6 Å². The molecule has 6 nitrogen and oxygen atoms in total. The van der Waals surface area contributed by atoms with E-state index in [1.165, 1.54) is 0 Å². The molecule has 0 fully saturated rings. The average Bonchev–Trinajstić information content (AvgIpc) is 2.58. The van der Waals surface area contributed by atoms with Crippen LogP contribution in [0.5, 0.6) is 0 Å². The number of aromatic nitrogens is 4. The minimum absolute atomic E-state index is 0.409. The Kier molecular flexibility index (Phi) is 1.39. The summed E-state index contributed by atoms with van der Waals surface area (Å²) in [6.45, 7) is 3.47. The molecule has 0 amide bonds. The second-order valence-corrected chi connectivity index (χ2v) is 2.34. The monoisotopic (exact) mass is 166 g/mol. The van der Waals surface area contributed by atoms with Crippen molar-refractivity contribution >= 4 is 0 Å². The molecule has 2 aromatic rings. The van der Waals surface area contributed by atoms with Crippen molar-refractivity contribution in [3.63, 3.8) is 0 Å². The van der Waals surface area contributed by atoms with E-state index in [1.807, 2.05) is 0 Å². The summed E-state index contributed by atoms with van der Waals surface area (Å²) >= 11 is 0. The van der Waals surface area contributed by atoms with Gasteiger partial charge < -0.3 is 4.52 Å². The van der Waals surface area contributed by atoms with E-state index in [2.05, 4.69) is 25.1 Å². The van der Waals surface area contributed by atoms with Crippen molar-refractivity contribution in [1.29, 1.82) is 0 Å². The van der Waals surface area contributed by atoms with Gasteiger partial charge in [-0.3, -0.25) is 0 Å². The van der Waals surface area contributed by atoms with Gasteiger partial charge in [0.05, 0.1) is 0 Å². The van der Waals surface area contributed by atoms with Gasteiger partial charge in [0.1, 0.15) is 5.69 Å². The first-order chi connectivity index (χ1) is 5.77. The second-order valence-electron chi connectivity index (χ2n) is 2.34. The summed E-state index contributed by atoms with van der Waals surface area (Å²) in [6.07, 6.45) is 0. The first-order valence-electron chi connectivity index (χ1n) is 3.37. The van der Waals surface area contributed by atoms with Crippen LogP contribution in [0.2, 0.25) is 0 Å². The van der Waals surface area contributed by atoms with E-state index in [-0.39, 0.29) is 0 Å². The van der Waals surface area contributed by atoms with Gasteiger partial charge in [-0.1, -0.05) is 10.3 Å². The van der Waals surface area contributed by atoms with Crippen molar-refractivity contribution in [2.45, 2.75) is 13.8 Å². The van der Waals surface area contributed by atoms with Gasteiger partial charge in [0.15, 0.2) is 5.69 Å². The third-order valence-electron chi connectivity index (χ3n) is 1.39. The van der Waals surface area contributed by atoms with Crippen LogP contribution < -0.4 is 0 Å². The van der Waals surface area contributed by atoms with Crippen LogP contribution in [0.25, 0.3) is 11.5 Å². The van der Waals surface area contributed by atoms with Gasteiger partial charge in [-0.15, -0.1) is 0 Å². The van der Waals surface area contributed by atoms with Crippen LogP contribution in [0, 0.1) is 13.8 Å². The van der Waals surface area contributed by atoms with Gasteiger partial charge in [0, 0.05) is 6.92 Å². The van der Waals surface area contributed by atoms with Crippen molar-refractivity contribution in [2.24, 2.45) is 0 Å². The lowest BCUT2D eigenvalue weighted by molar-refractivity contribution is 0.305. The molecule has 0 unspecified atom stereocenters. The zero-order chi connectivity index (χ0) is 8.55. The molecule has 0 N–H and O–H groups in total. The molecule has 0 atom stereocenters. The Hall–Kier alpha value is -1.72. The quantitative estimate of drug-likeness (QED) is 0.621. The SMILES string of the molecule is Cc1nc(-c2nonc2C)no1. The van der Waals surface area contributed by atoms with Crippen LogP contribution in [0.1, 0.15) is 11.6 Å². The van der Waals surface area contributed by atoms with Crippen molar-refractivity contribution in [3.8, 4) is 11.5 Å². The van der Waals surface area contributed by atoms with E-state index in [1.54, 1.807) is 13.8 Å². The van der Waals surface area contributed by atoms with Crippen molar-refractivity contribution < 1.29 is 9.15 Å². The topological polar surface area (TPSA) is 77.8 Å². The highest BCUT2D eigenvalue weighted by molar-refractivity contribution is 5.49. The summed E-state index contributed by atoms with van der Waals surface area (Å²) in [7, 11) is 0. The second kappa shape index (κ2) is 2.40. The minimum atomic E-state index is 0.409. The molecule has 2 rings (SSSR count). The molecule has 0 bridgehead atoms. The van der Waals surface area contributed by atoms with E-state index in [4.69, 9.17) is 4.52 Å². The summed E-state index contributed by atoms with van der Waals surface area (Å²) < 4.78 is 9.26. The summed E-state index contributed by atoms with van der Waals surface area (Å²) in [4.78, 5) is 3.97. The van der Waals surface area contributed by atoms with Gasteiger partial charge in [-0.25, -0.2) is 4.63 Å². The van der Waals surface area contributed by atoms with E-state index in [0.717, 1.165) is 0 Å². The lowest BCUT2D eigenvalue weighted by atomic mass is 10.3. The molecule has 0 radical (unpaired) electrons. The Balaban J connectivity index is 2.50. The summed E-state index contributed by atoms with van der Waals surface area (Å²) in [5, 5.41) is 10.9. The first-order valence-corrected chi connectivity index (χ1v) is 3.37. The lowest BCUT2D eigenvalue weighted by Crippen LogP contribution is -1.83. The van der Waals surface area contributed by atoms with Crippen molar-refractivity contribution in [1.82, 2.24) is 20.5 Å². The molecule has 0 saturated carbocycles. The Labute approximate surface area is 67.5 Å². The zero-order valence-electron chi connectivity index (χ0n) is 6.61. The smallest absolute Gasteiger partial charge is 0.226 e. The fourth-order valence-corrected chi connectivity index (χ4v) is 0.830. The van der Waals surface area contributed by atoms with Gasteiger partial charge in [0.25, 0.3) is 0 Å². The molecule has 2 aromatic heterocycles. The van der Waals surface area contributed by atoms with Crippen LogP contribution in [0.3, 0.4) is 0 Å². The maximum atomic E-state index is 4.77. The lowest BCUT2D eigenvalue weighted by Gasteiger charge is -1.81. The molecule has 0 aliphatic carbocycles. The van der Waals surface area contributed by atoms with Crippen molar-refractivity contribution in [2.75, 3.05) is 0 Å². The molecule has 0 spiro atoms. The minimum Gasteiger partial charge on any atom is -0.339 e. The molecule has 0 aromatic carbocycles. The predicted octanol–water partition coefficient (Wildman–Crippen LogP) is 0.736. The highest BCUT2D eigenvalue weighted by Gasteiger charge is 2.13. The molecule has 6 heteroatoms. The highest BCUT2D eigenvalue weighted by Crippen LogP contribution is 2.14. The third kappa shape index (κ3) is 0.969. The molecule has 62 valence electrons. The highest BCUT2D eigenvalue weighted by atomic mass is 16.6. The average molecular weight is 166 g/mol. The number of nitrogens with zero attached hydrogens (tertiary/aromatic N) is 4.